The summed E-state index contributed by atoms with van der Waals surface area (Å²) in [5.41, 5.74) is -0.154. The molecule has 0 aliphatic rings. The number of carbonyl (C=O) groups excluding carboxylic acids is 1. The summed E-state index contributed by atoms with van der Waals surface area (Å²) in [4.78, 5) is 28.2. The Morgan fingerprint density at radius 2 is 1.62 bits per heavy atom. The van der Waals surface area contributed by atoms with Gasteiger partial charge in [-0.1, -0.05) is 0 Å². The van der Waals surface area contributed by atoms with Crippen molar-refractivity contribution in [2.75, 3.05) is 0 Å². The molecule has 0 unspecified atom stereocenters. The van der Waals surface area contributed by atoms with Crippen molar-refractivity contribution in [3.05, 3.63) is 69.4 Å². The van der Waals surface area contributed by atoms with E-state index in [1.807, 2.05) is 0 Å². The van der Waals surface area contributed by atoms with Gasteiger partial charge in [-0.25, -0.2) is 18.0 Å². The van der Waals surface area contributed by atoms with E-state index in [2.05, 4.69) is 9.97 Å². The van der Waals surface area contributed by atoms with Crippen molar-refractivity contribution in [3.8, 4) is 0 Å². The second-order valence-corrected chi connectivity index (χ2v) is 4.39. The third-order valence-corrected chi connectivity index (χ3v) is 3.06. The van der Waals surface area contributed by atoms with Gasteiger partial charge in [-0.15, -0.1) is 0 Å². The minimum absolute atomic E-state index is 0.0441. The first-order chi connectivity index (χ1) is 9.97. The van der Waals surface area contributed by atoms with Gasteiger partial charge >= 0.3 is 5.69 Å². The molecule has 3 aromatic rings. The molecule has 0 amide bonds. The molecule has 0 atom stereocenters. The lowest BCUT2D eigenvalue weighted by Gasteiger charge is -2.04. The Bertz CT molecular complexity index is 928. The van der Waals surface area contributed by atoms with Crippen molar-refractivity contribution in [2.24, 2.45) is 0 Å². The van der Waals surface area contributed by atoms with E-state index >= 15 is 0 Å². The Labute approximate surface area is 115 Å². The van der Waals surface area contributed by atoms with Crippen LogP contribution >= 0.6 is 0 Å². The predicted octanol–water partition coefficient (Wildman–Crippen LogP) is 2.50. The largest absolute Gasteiger partial charge is 0.323 e. The zero-order valence-electron chi connectivity index (χ0n) is 10.3. The van der Waals surface area contributed by atoms with Crippen LogP contribution in [0.25, 0.3) is 11.0 Å². The van der Waals surface area contributed by atoms with Gasteiger partial charge in [-0.3, -0.25) is 4.79 Å². The van der Waals surface area contributed by atoms with E-state index in [0.29, 0.717) is 17.1 Å². The molecule has 3 rings (SSSR count). The molecule has 0 radical (unpaired) electrons. The van der Waals surface area contributed by atoms with Crippen molar-refractivity contribution in [1.82, 2.24) is 9.97 Å². The van der Waals surface area contributed by atoms with Gasteiger partial charge in [0.2, 0.25) is 0 Å². The van der Waals surface area contributed by atoms with Crippen LogP contribution in [0.2, 0.25) is 0 Å². The highest BCUT2D eigenvalue weighted by molar-refractivity contribution is 6.10. The zero-order valence-corrected chi connectivity index (χ0v) is 10.3. The average Bonchev–Trinajstić information content (AvgIpc) is 2.83. The number of benzene rings is 2. The summed E-state index contributed by atoms with van der Waals surface area (Å²) in [6, 6.07) is 5.70. The number of aromatic amines is 2. The summed E-state index contributed by atoms with van der Waals surface area (Å²) in [5, 5.41) is 0. The average molecular weight is 292 g/mol. The number of carbonyl (C=O) groups is 1. The normalized spacial score (nSPS) is 11.0. The predicted molar refractivity (Wildman–Crippen MR) is 68.7 cm³/mol. The monoisotopic (exact) mass is 292 g/mol. The molecule has 0 saturated heterocycles. The van der Waals surface area contributed by atoms with Crippen LogP contribution in [0.5, 0.6) is 0 Å². The molecule has 106 valence electrons. The van der Waals surface area contributed by atoms with E-state index in [1.165, 1.54) is 18.2 Å². The number of rotatable bonds is 2. The van der Waals surface area contributed by atoms with Gasteiger partial charge < -0.3 is 9.97 Å². The van der Waals surface area contributed by atoms with E-state index in [1.54, 1.807) is 0 Å². The summed E-state index contributed by atoms with van der Waals surface area (Å²) >= 11 is 0. The second kappa shape index (κ2) is 4.62. The van der Waals surface area contributed by atoms with Crippen LogP contribution < -0.4 is 5.69 Å². The minimum Gasteiger partial charge on any atom is -0.306 e. The quantitative estimate of drug-likeness (QED) is 0.563. The first kappa shape index (κ1) is 13.2. The fourth-order valence-electron chi connectivity index (χ4n) is 2.03. The Balaban J connectivity index is 2.12. The molecular formula is C14H7F3N2O2. The molecule has 0 aliphatic heterocycles. The first-order valence-corrected chi connectivity index (χ1v) is 5.87. The first-order valence-electron chi connectivity index (χ1n) is 5.87. The van der Waals surface area contributed by atoms with Crippen LogP contribution in [0.4, 0.5) is 13.2 Å². The van der Waals surface area contributed by atoms with Crippen molar-refractivity contribution >= 4 is 16.8 Å². The maximum Gasteiger partial charge on any atom is 0.323 e. The fraction of sp³-hybridized carbons (Fsp3) is 0. The summed E-state index contributed by atoms with van der Waals surface area (Å²) in [5.74, 6) is -5.41. The van der Waals surface area contributed by atoms with Gasteiger partial charge in [0.1, 0.15) is 0 Å². The highest BCUT2D eigenvalue weighted by Crippen LogP contribution is 2.20. The van der Waals surface area contributed by atoms with Crippen LogP contribution in [0.15, 0.2) is 35.1 Å². The topological polar surface area (TPSA) is 65.7 Å². The van der Waals surface area contributed by atoms with E-state index in [9.17, 15) is 22.8 Å². The number of fused-ring (bicyclic) bond motifs is 1. The number of hydrogen-bond acceptors (Lipinski definition) is 2. The van der Waals surface area contributed by atoms with E-state index in [4.69, 9.17) is 0 Å². The van der Waals surface area contributed by atoms with E-state index < -0.39 is 34.5 Å². The minimum atomic E-state index is -1.70. The molecule has 0 aliphatic carbocycles. The standard InChI is InChI=1S/C14H7F3N2O2/c15-8-3-2-7(11(16)12(8)17)13(20)6-1-4-9-10(5-6)19-14(21)18-9/h1-5H,(H2,18,19,21). The molecule has 0 spiro atoms. The Kier molecular flexibility index (Phi) is 2.90. The number of halogens is 3. The molecule has 2 aromatic carbocycles. The third-order valence-electron chi connectivity index (χ3n) is 3.06. The number of ketones is 1. The highest BCUT2D eigenvalue weighted by atomic mass is 19.2. The number of aromatic nitrogens is 2. The smallest absolute Gasteiger partial charge is 0.306 e. The molecule has 0 bridgehead atoms. The SMILES string of the molecule is O=C(c1ccc2[nH]c(=O)[nH]c2c1)c1ccc(F)c(F)c1F. The summed E-state index contributed by atoms with van der Waals surface area (Å²) < 4.78 is 39.7. The zero-order chi connectivity index (χ0) is 15.1. The van der Waals surface area contributed by atoms with Crippen molar-refractivity contribution in [3.63, 3.8) is 0 Å². The van der Waals surface area contributed by atoms with Crippen molar-refractivity contribution < 1.29 is 18.0 Å². The molecule has 1 heterocycles. The lowest BCUT2D eigenvalue weighted by atomic mass is 10.0. The summed E-state index contributed by atoms with van der Waals surface area (Å²) in [7, 11) is 0. The molecule has 4 nitrogen and oxygen atoms in total. The van der Waals surface area contributed by atoms with Crippen LogP contribution in [0.1, 0.15) is 15.9 Å². The number of nitrogens with one attached hydrogen (secondary N) is 2. The van der Waals surface area contributed by atoms with Gasteiger partial charge in [0.15, 0.2) is 23.2 Å². The summed E-state index contributed by atoms with van der Waals surface area (Å²) in [6.07, 6.45) is 0. The van der Waals surface area contributed by atoms with Crippen molar-refractivity contribution in [1.29, 1.82) is 0 Å². The van der Waals surface area contributed by atoms with Crippen LogP contribution in [0.3, 0.4) is 0 Å². The van der Waals surface area contributed by atoms with Crippen LogP contribution in [0, 0.1) is 17.5 Å². The second-order valence-electron chi connectivity index (χ2n) is 4.39. The molecule has 1 aromatic heterocycles. The van der Waals surface area contributed by atoms with E-state index in [0.717, 1.165) is 6.07 Å². The van der Waals surface area contributed by atoms with Gasteiger partial charge in [0.25, 0.3) is 0 Å². The van der Waals surface area contributed by atoms with Crippen molar-refractivity contribution in [2.45, 2.75) is 0 Å². The molecule has 0 fully saturated rings. The van der Waals surface area contributed by atoms with Gasteiger partial charge in [0, 0.05) is 5.56 Å². The van der Waals surface area contributed by atoms with Gasteiger partial charge in [0.05, 0.1) is 16.6 Å². The maximum atomic E-state index is 13.6. The molecule has 2 N–H and O–H groups in total. The molecule has 21 heavy (non-hydrogen) atoms. The molecular weight excluding hydrogens is 285 g/mol. The third kappa shape index (κ3) is 2.12. The Morgan fingerprint density at radius 1 is 0.905 bits per heavy atom. The van der Waals surface area contributed by atoms with Gasteiger partial charge in [-0.05, 0) is 30.3 Å². The number of hydrogen-bond donors (Lipinski definition) is 2. The number of imidazole rings is 1. The summed E-state index contributed by atoms with van der Waals surface area (Å²) in [6.45, 7) is 0. The maximum absolute atomic E-state index is 13.6. The Morgan fingerprint density at radius 3 is 2.38 bits per heavy atom. The highest BCUT2D eigenvalue weighted by Gasteiger charge is 2.20. The van der Waals surface area contributed by atoms with Gasteiger partial charge in [-0.2, -0.15) is 0 Å². The molecule has 7 heteroatoms. The number of H-pyrrole nitrogens is 2. The van der Waals surface area contributed by atoms with E-state index in [-0.39, 0.29) is 5.56 Å². The fourth-order valence-corrected chi connectivity index (χ4v) is 2.03. The lowest BCUT2D eigenvalue weighted by Crippen LogP contribution is -2.07. The van der Waals surface area contributed by atoms with Crippen LogP contribution in [-0.2, 0) is 0 Å². The van der Waals surface area contributed by atoms with Crippen LogP contribution in [-0.4, -0.2) is 15.8 Å². The lowest BCUT2D eigenvalue weighted by molar-refractivity contribution is 0.103. The Hall–Kier alpha value is -2.83. The molecule has 0 saturated carbocycles.